The molecule has 0 aliphatic carbocycles. The smallest absolute Gasteiger partial charge is 0.256 e. The number of carbonyl (C=O) groups is 1. The maximum atomic E-state index is 12.0. The van der Waals surface area contributed by atoms with Crippen molar-refractivity contribution in [1.29, 1.82) is 0 Å². The first-order valence-corrected chi connectivity index (χ1v) is 6.31. The van der Waals surface area contributed by atoms with Gasteiger partial charge in [0.1, 0.15) is 11.3 Å². The number of nitrogens with zero attached hydrogens (tertiary/aromatic N) is 1. The van der Waals surface area contributed by atoms with Gasteiger partial charge in [0.2, 0.25) is 0 Å². The van der Waals surface area contributed by atoms with Crippen molar-refractivity contribution in [3.63, 3.8) is 0 Å². The number of hydrogen-bond acceptors (Lipinski definition) is 4. The highest BCUT2D eigenvalue weighted by molar-refractivity contribution is 5.96. The predicted molar refractivity (Wildman–Crippen MR) is 68.4 cm³/mol. The van der Waals surface area contributed by atoms with Crippen LogP contribution in [0, 0.1) is 19.3 Å². The van der Waals surface area contributed by atoms with Crippen LogP contribution in [0.5, 0.6) is 0 Å². The van der Waals surface area contributed by atoms with E-state index in [4.69, 9.17) is 4.52 Å². The van der Waals surface area contributed by atoms with E-state index >= 15 is 0 Å². The molecule has 5 heteroatoms. The number of carbonyl (C=O) groups excluding carboxylic acids is 1. The van der Waals surface area contributed by atoms with E-state index in [1.54, 1.807) is 13.8 Å². The maximum absolute atomic E-state index is 12.0. The lowest BCUT2D eigenvalue weighted by atomic mass is 9.83. The molecule has 5 nitrogen and oxygen atoms in total. The lowest BCUT2D eigenvalue weighted by molar-refractivity contribution is 0.0849. The minimum absolute atomic E-state index is 0.0713. The van der Waals surface area contributed by atoms with Gasteiger partial charge in [0.25, 0.3) is 5.91 Å². The fourth-order valence-corrected chi connectivity index (χ4v) is 1.94. The maximum Gasteiger partial charge on any atom is 0.256 e. The SMILES string of the molecule is CCC(CC)(CO)CNC(=O)c1c(C)noc1C. The molecule has 0 saturated heterocycles. The van der Waals surface area contributed by atoms with Crippen molar-refractivity contribution in [2.45, 2.75) is 40.5 Å². The molecule has 0 saturated carbocycles. The molecule has 1 aromatic heterocycles. The van der Waals surface area contributed by atoms with Gasteiger partial charge in [-0.1, -0.05) is 19.0 Å². The molecule has 0 unspecified atom stereocenters. The van der Waals surface area contributed by atoms with Crippen LogP contribution in [0.1, 0.15) is 48.5 Å². The van der Waals surface area contributed by atoms with Gasteiger partial charge in [0, 0.05) is 12.0 Å². The predicted octanol–water partition coefficient (Wildman–Crippen LogP) is 1.82. The Hall–Kier alpha value is -1.36. The second-order valence-corrected chi connectivity index (χ2v) is 4.75. The van der Waals surface area contributed by atoms with Gasteiger partial charge >= 0.3 is 0 Å². The zero-order valence-electron chi connectivity index (χ0n) is 11.5. The Morgan fingerprint density at radius 1 is 1.39 bits per heavy atom. The summed E-state index contributed by atoms with van der Waals surface area (Å²) in [6.45, 7) is 8.02. The number of rotatable bonds is 6. The third-order valence-electron chi connectivity index (χ3n) is 3.72. The number of hydrogen-bond donors (Lipinski definition) is 2. The number of aromatic nitrogens is 1. The first-order chi connectivity index (χ1) is 8.49. The van der Waals surface area contributed by atoms with E-state index in [0.717, 1.165) is 12.8 Å². The van der Waals surface area contributed by atoms with Crippen LogP contribution in [0.25, 0.3) is 0 Å². The van der Waals surface area contributed by atoms with Crippen LogP contribution in [0.2, 0.25) is 0 Å². The molecule has 0 aliphatic heterocycles. The standard InChI is InChI=1S/C13H22N2O3/c1-5-13(6-2,8-16)7-14-12(17)11-9(3)15-18-10(11)4/h16H,5-8H2,1-4H3,(H,14,17). The molecule has 1 aromatic rings. The van der Waals surface area contributed by atoms with Gasteiger partial charge in [-0.25, -0.2) is 0 Å². The van der Waals surface area contributed by atoms with E-state index in [0.29, 0.717) is 23.6 Å². The third kappa shape index (κ3) is 2.90. The molecule has 2 N–H and O–H groups in total. The fourth-order valence-electron chi connectivity index (χ4n) is 1.94. The minimum Gasteiger partial charge on any atom is -0.396 e. The van der Waals surface area contributed by atoms with E-state index in [1.807, 2.05) is 13.8 Å². The number of amides is 1. The van der Waals surface area contributed by atoms with Crippen LogP contribution in [0.4, 0.5) is 0 Å². The van der Waals surface area contributed by atoms with E-state index < -0.39 is 0 Å². The van der Waals surface area contributed by atoms with Crippen molar-refractivity contribution in [1.82, 2.24) is 10.5 Å². The highest BCUT2D eigenvalue weighted by Crippen LogP contribution is 2.24. The molecular formula is C13H22N2O3. The van der Waals surface area contributed by atoms with Crippen LogP contribution in [-0.4, -0.2) is 29.3 Å². The fraction of sp³-hybridized carbons (Fsp3) is 0.692. The molecule has 18 heavy (non-hydrogen) atoms. The first kappa shape index (κ1) is 14.7. The Labute approximate surface area is 108 Å². The van der Waals surface area contributed by atoms with Crippen LogP contribution >= 0.6 is 0 Å². The molecule has 1 heterocycles. The van der Waals surface area contributed by atoms with Gasteiger partial charge in [0.05, 0.1) is 12.3 Å². The quantitative estimate of drug-likeness (QED) is 0.812. The zero-order valence-corrected chi connectivity index (χ0v) is 11.5. The summed E-state index contributed by atoms with van der Waals surface area (Å²) in [5.74, 6) is 0.332. The van der Waals surface area contributed by atoms with Crippen LogP contribution in [0.15, 0.2) is 4.52 Å². The Kier molecular flexibility index (Phi) is 4.90. The van der Waals surface area contributed by atoms with Gasteiger partial charge < -0.3 is 14.9 Å². The van der Waals surface area contributed by atoms with Crippen molar-refractivity contribution < 1.29 is 14.4 Å². The van der Waals surface area contributed by atoms with Crippen molar-refractivity contribution in [3.8, 4) is 0 Å². The summed E-state index contributed by atoms with van der Waals surface area (Å²) in [6.07, 6.45) is 1.64. The lowest BCUT2D eigenvalue weighted by Crippen LogP contribution is -2.39. The van der Waals surface area contributed by atoms with Gasteiger partial charge in [-0.2, -0.15) is 0 Å². The number of nitrogens with one attached hydrogen (secondary N) is 1. The molecule has 0 fully saturated rings. The minimum atomic E-state index is -0.241. The highest BCUT2D eigenvalue weighted by atomic mass is 16.5. The van der Waals surface area contributed by atoms with Crippen LogP contribution in [0.3, 0.4) is 0 Å². The first-order valence-electron chi connectivity index (χ1n) is 6.31. The number of aliphatic hydroxyl groups is 1. The molecule has 0 aliphatic rings. The Bertz CT molecular complexity index is 381. The summed E-state index contributed by atoms with van der Waals surface area (Å²) in [5.41, 5.74) is 0.843. The van der Waals surface area contributed by atoms with E-state index in [1.165, 1.54) is 0 Å². The third-order valence-corrected chi connectivity index (χ3v) is 3.72. The molecule has 1 amide bonds. The van der Waals surface area contributed by atoms with Gasteiger partial charge in [-0.15, -0.1) is 0 Å². The van der Waals surface area contributed by atoms with E-state index in [-0.39, 0.29) is 17.9 Å². The molecular weight excluding hydrogens is 232 g/mol. The molecule has 0 radical (unpaired) electrons. The van der Waals surface area contributed by atoms with Crippen molar-refractivity contribution >= 4 is 5.91 Å². The number of aliphatic hydroxyl groups excluding tert-OH is 1. The van der Waals surface area contributed by atoms with E-state index in [9.17, 15) is 9.90 Å². The molecule has 1 rings (SSSR count). The van der Waals surface area contributed by atoms with Crippen molar-refractivity contribution in [3.05, 3.63) is 17.0 Å². The average Bonchev–Trinajstić information content (AvgIpc) is 2.71. The molecule has 0 spiro atoms. The Morgan fingerprint density at radius 2 is 2.00 bits per heavy atom. The molecule has 102 valence electrons. The molecule has 0 aromatic carbocycles. The summed E-state index contributed by atoms with van der Waals surface area (Å²) < 4.78 is 4.97. The lowest BCUT2D eigenvalue weighted by Gasteiger charge is -2.29. The van der Waals surface area contributed by atoms with Gasteiger partial charge in [-0.05, 0) is 26.7 Å². The second-order valence-electron chi connectivity index (χ2n) is 4.75. The van der Waals surface area contributed by atoms with Gasteiger partial charge in [-0.3, -0.25) is 4.79 Å². The summed E-state index contributed by atoms with van der Waals surface area (Å²) in [5, 5.41) is 16.1. The normalized spacial score (nSPS) is 11.6. The Balaban J connectivity index is 2.72. The topological polar surface area (TPSA) is 75.4 Å². The second kappa shape index (κ2) is 6.00. The average molecular weight is 254 g/mol. The summed E-state index contributed by atoms with van der Waals surface area (Å²) >= 11 is 0. The summed E-state index contributed by atoms with van der Waals surface area (Å²) in [4.78, 5) is 12.0. The monoisotopic (exact) mass is 254 g/mol. The zero-order chi connectivity index (χ0) is 13.8. The Morgan fingerprint density at radius 3 is 2.39 bits per heavy atom. The molecule has 0 atom stereocenters. The summed E-state index contributed by atoms with van der Waals surface area (Å²) in [6, 6.07) is 0. The van der Waals surface area contributed by atoms with Crippen LogP contribution < -0.4 is 5.32 Å². The largest absolute Gasteiger partial charge is 0.396 e. The summed E-state index contributed by atoms with van der Waals surface area (Å²) in [7, 11) is 0. The van der Waals surface area contributed by atoms with Crippen LogP contribution in [-0.2, 0) is 0 Å². The van der Waals surface area contributed by atoms with Crippen molar-refractivity contribution in [2.24, 2.45) is 5.41 Å². The molecule has 0 bridgehead atoms. The number of aryl methyl sites for hydroxylation is 2. The van der Waals surface area contributed by atoms with Crippen molar-refractivity contribution in [2.75, 3.05) is 13.2 Å². The van der Waals surface area contributed by atoms with Gasteiger partial charge in [0.15, 0.2) is 0 Å². The highest BCUT2D eigenvalue weighted by Gasteiger charge is 2.27. The van der Waals surface area contributed by atoms with E-state index in [2.05, 4.69) is 10.5 Å².